The van der Waals surface area contributed by atoms with Gasteiger partial charge in [0.15, 0.2) is 5.11 Å². The zero-order valence-corrected chi connectivity index (χ0v) is 19.6. The Morgan fingerprint density at radius 1 is 1.00 bits per heavy atom. The third kappa shape index (κ3) is 8.02. The van der Waals surface area contributed by atoms with Crippen LogP contribution in [0.25, 0.3) is 0 Å². The lowest BCUT2D eigenvalue weighted by atomic mass is 9.95. The standard InChI is InChI=1S/C24H31N3O3S/c1-16(2)13-14-30-20-12-7-6-11-19(20)21(28)27-23(31)26-18-10-8-9-17(15-18)25-22(29)24(3,4)5/h6-12,15-16H,13-14H2,1-5H3,(H,25,29)(H2,26,27,28,31). The van der Waals surface area contributed by atoms with E-state index in [1.807, 2.05) is 26.8 Å². The van der Waals surface area contributed by atoms with Gasteiger partial charge in [-0.3, -0.25) is 14.9 Å². The molecular formula is C24H31N3O3S. The number of benzene rings is 2. The van der Waals surface area contributed by atoms with Crippen molar-refractivity contribution in [3.63, 3.8) is 0 Å². The summed E-state index contributed by atoms with van der Waals surface area (Å²) in [5, 5.41) is 8.69. The molecule has 31 heavy (non-hydrogen) atoms. The summed E-state index contributed by atoms with van der Waals surface area (Å²) >= 11 is 5.30. The maximum absolute atomic E-state index is 12.7. The first-order valence-corrected chi connectivity index (χ1v) is 10.7. The van der Waals surface area contributed by atoms with E-state index < -0.39 is 5.41 Å². The van der Waals surface area contributed by atoms with Gasteiger partial charge in [-0.25, -0.2) is 0 Å². The number of rotatable bonds is 7. The predicted molar refractivity (Wildman–Crippen MR) is 130 cm³/mol. The number of carbonyl (C=O) groups excluding carboxylic acids is 2. The SMILES string of the molecule is CC(C)CCOc1ccccc1C(=O)NC(=S)Nc1cccc(NC(=O)C(C)(C)C)c1. The molecule has 2 amide bonds. The topological polar surface area (TPSA) is 79.5 Å². The van der Waals surface area contributed by atoms with Gasteiger partial charge in [0.1, 0.15) is 5.75 Å². The molecule has 0 aliphatic carbocycles. The number of para-hydroxylation sites is 1. The van der Waals surface area contributed by atoms with Crippen molar-refractivity contribution in [1.82, 2.24) is 5.32 Å². The molecule has 0 saturated heterocycles. The number of carbonyl (C=O) groups is 2. The van der Waals surface area contributed by atoms with E-state index in [1.54, 1.807) is 42.5 Å². The fourth-order valence-electron chi connectivity index (χ4n) is 2.51. The third-order valence-corrected chi connectivity index (χ3v) is 4.58. The first kappa shape index (κ1) is 24.3. The monoisotopic (exact) mass is 441 g/mol. The lowest BCUT2D eigenvalue weighted by Crippen LogP contribution is -2.34. The minimum atomic E-state index is -0.503. The summed E-state index contributed by atoms with van der Waals surface area (Å²) in [5.74, 6) is 0.599. The molecule has 7 heteroatoms. The van der Waals surface area contributed by atoms with Crippen LogP contribution < -0.4 is 20.7 Å². The first-order chi connectivity index (χ1) is 14.6. The van der Waals surface area contributed by atoms with Crippen molar-refractivity contribution in [2.75, 3.05) is 17.2 Å². The highest BCUT2D eigenvalue weighted by molar-refractivity contribution is 7.80. The smallest absolute Gasteiger partial charge is 0.261 e. The number of hydrogen-bond acceptors (Lipinski definition) is 4. The Morgan fingerprint density at radius 3 is 2.29 bits per heavy atom. The summed E-state index contributed by atoms with van der Waals surface area (Å²) in [6.45, 7) is 10.3. The summed E-state index contributed by atoms with van der Waals surface area (Å²) in [5.41, 5.74) is 1.21. The van der Waals surface area contributed by atoms with E-state index in [0.29, 0.717) is 35.2 Å². The molecule has 0 spiro atoms. The number of nitrogens with one attached hydrogen (secondary N) is 3. The average Bonchev–Trinajstić information content (AvgIpc) is 2.67. The summed E-state index contributed by atoms with van der Waals surface area (Å²) in [6, 6.07) is 14.2. The first-order valence-electron chi connectivity index (χ1n) is 10.3. The van der Waals surface area contributed by atoms with Gasteiger partial charge in [0, 0.05) is 16.8 Å². The van der Waals surface area contributed by atoms with Crippen LogP contribution in [0.3, 0.4) is 0 Å². The Morgan fingerprint density at radius 2 is 1.65 bits per heavy atom. The van der Waals surface area contributed by atoms with Crippen molar-refractivity contribution < 1.29 is 14.3 Å². The maximum atomic E-state index is 12.7. The van der Waals surface area contributed by atoms with Crippen molar-refractivity contribution in [2.24, 2.45) is 11.3 Å². The van der Waals surface area contributed by atoms with E-state index in [2.05, 4.69) is 29.8 Å². The zero-order chi connectivity index (χ0) is 23.0. The summed E-state index contributed by atoms with van der Waals surface area (Å²) < 4.78 is 5.78. The van der Waals surface area contributed by atoms with Crippen LogP contribution in [-0.4, -0.2) is 23.5 Å². The molecule has 0 bridgehead atoms. The molecule has 2 aromatic rings. The van der Waals surface area contributed by atoms with Crippen LogP contribution in [0.5, 0.6) is 5.75 Å². The highest BCUT2D eigenvalue weighted by atomic mass is 32.1. The summed E-state index contributed by atoms with van der Waals surface area (Å²) in [7, 11) is 0. The van der Waals surface area contributed by atoms with Crippen LogP contribution in [-0.2, 0) is 4.79 Å². The van der Waals surface area contributed by atoms with Crippen LogP contribution in [0.15, 0.2) is 48.5 Å². The van der Waals surface area contributed by atoms with Gasteiger partial charge in [0.2, 0.25) is 5.91 Å². The van der Waals surface area contributed by atoms with E-state index in [1.165, 1.54) is 0 Å². The fourth-order valence-corrected chi connectivity index (χ4v) is 2.72. The highest BCUT2D eigenvalue weighted by Crippen LogP contribution is 2.21. The quantitative estimate of drug-likeness (QED) is 0.513. The maximum Gasteiger partial charge on any atom is 0.261 e. The van der Waals surface area contributed by atoms with E-state index >= 15 is 0 Å². The van der Waals surface area contributed by atoms with Crippen molar-refractivity contribution in [2.45, 2.75) is 41.0 Å². The average molecular weight is 442 g/mol. The van der Waals surface area contributed by atoms with Crippen LogP contribution in [0.4, 0.5) is 11.4 Å². The summed E-state index contributed by atoms with van der Waals surface area (Å²) in [4.78, 5) is 24.9. The van der Waals surface area contributed by atoms with Gasteiger partial charge >= 0.3 is 0 Å². The Balaban J connectivity index is 2.00. The molecule has 0 aliphatic heterocycles. The second kappa shape index (κ2) is 10.9. The normalized spacial score (nSPS) is 11.0. The van der Waals surface area contributed by atoms with Gasteiger partial charge in [-0.05, 0) is 54.9 Å². The predicted octanol–water partition coefficient (Wildman–Crippen LogP) is 5.22. The highest BCUT2D eigenvalue weighted by Gasteiger charge is 2.21. The molecule has 0 aliphatic rings. The van der Waals surface area contributed by atoms with E-state index in [-0.39, 0.29) is 16.9 Å². The molecule has 0 fully saturated rings. The number of anilines is 2. The van der Waals surface area contributed by atoms with Crippen molar-refractivity contribution in [3.05, 3.63) is 54.1 Å². The number of ether oxygens (including phenoxy) is 1. The molecule has 3 N–H and O–H groups in total. The van der Waals surface area contributed by atoms with E-state index in [4.69, 9.17) is 17.0 Å². The van der Waals surface area contributed by atoms with Crippen LogP contribution >= 0.6 is 12.2 Å². The van der Waals surface area contributed by atoms with Crippen LogP contribution in [0.1, 0.15) is 51.4 Å². The molecule has 0 saturated carbocycles. The van der Waals surface area contributed by atoms with Gasteiger partial charge in [-0.2, -0.15) is 0 Å². The minimum absolute atomic E-state index is 0.0883. The molecule has 166 valence electrons. The number of amides is 2. The zero-order valence-electron chi connectivity index (χ0n) is 18.7. The molecule has 0 radical (unpaired) electrons. The molecule has 0 atom stereocenters. The van der Waals surface area contributed by atoms with Crippen molar-refractivity contribution >= 4 is 40.5 Å². The lowest BCUT2D eigenvalue weighted by Gasteiger charge is -2.18. The molecule has 0 aromatic heterocycles. The fraction of sp³-hybridized carbons (Fsp3) is 0.375. The van der Waals surface area contributed by atoms with E-state index in [9.17, 15) is 9.59 Å². The molecule has 6 nitrogen and oxygen atoms in total. The Labute approximate surface area is 189 Å². The Hall–Kier alpha value is -2.93. The second-order valence-corrected chi connectivity index (χ2v) is 9.13. The van der Waals surface area contributed by atoms with E-state index in [0.717, 1.165) is 6.42 Å². The van der Waals surface area contributed by atoms with Crippen LogP contribution in [0, 0.1) is 11.3 Å². The van der Waals surface area contributed by atoms with Gasteiger partial charge in [0.25, 0.3) is 5.91 Å². The largest absolute Gasteiger partial charge is 0.493 e. The van der Waals surface area contributed by atoms with Crippen molar-refractivity contribution in [3.8, 4) is 5.75 Å². The number of hydrogen-bond donors (Lipinski definition) is 3. The summed E-state index contributed by atoms with van der Waals surface area (Å²) in [6.07, 6.45) is 0.901. The molecule has 2 aromatic carbocycles. The second-order valence-electron chi connectivity index (χ2n) is 8.72. The van der Waals surface area contributed by atoms with Gasteiger partial charge in [-0.1, -0.05) is 52.8 Å². The molecular weight excluding hydrogens is 410 g/mol. The lowest BCUT2D eigenvalue weighted by molar-refractivity contribution is -0.123. The van der Waals surface area contributed by atoms with Crippen LogP contribution in [0.2, 0.25) is 0 Å². The third-order valence-electron chi connectivity index (χ3n) is 4.37. The molecule has 0 heterocycles. The molecule has 0 unspecified atom stereocenters. The Bertz CT molecular complexity index is 936. The van der Waals surface area contributed by atoms with Crippen molar-refractivity contribution in [1.29, 1.82) is 0 Å². The molecule has 2 rings (SSSR count). The van der Waals surface area contributed by atoms with Gasteiger partial charge in [0.05, 0.1) is 12.2 Å². The number of thiocarbonyl (C=S) groups is 1. The minimum Gasteiger partial charge on any atom is -0.493 e. The van der Waals surface area contributed by atoms with Gasteiger partial charge < -0.3 is 15.4 Å². The van der Waals surface area contributed by atoms with Gasteiger partial charge in [-0.15, -0.1) is 0 Å². The Kier molecular flexibility index (Phi) is 8.56.